The molecule has 1 aromatic carbocycles. The van der Waals surface area contributed by atoms with Gasteiger partial charge in [0.2, 0.25) is 0 Å². The van der Waals surface area contributed by atoms with Gasteiger partial charge in [-0.1, -0.05) is 29.8 Å². The number of pyridine rings is 1. The van der Waals surface area contributed by atoms with Crippen molar-refractivity contribution >= 4 is 22.5 Å². The molecule has 0 amide bonds. The van der Waals surface area contributed by atoms with Gasteiger partial charge in [0.05, 0.1) is 11.2 Å². The van der Waals surface area contributed by atoms with Gasteiger partial charge in [-0.25, -0.2) is 0 Å². The minimum Gasteiger partial charge on any atom is -0.256 e. The molecule has 3 aromatic rings. The lowest BCUT2D eigenvalue weighted by atomic mass is 10.0. The number of halogens is 1. The predicted molar refractivity (Wildman–Crippen MR) is 81.1 cm³/mol. The second-order valence-electron chi connectivity index (χ2n) is 4.85. The summed E-state index contributed by atoms with van der Waals surface area (Å²) >= 11 is 6.00. The van der Waals surface area contributed by atoms with Gasteiger partial charge in [-0.15, -0.1) is 5.10 Å². The van der Waals surface area contributed by atoms with Gasteiger partial charge in [-0.05, 0) is 42.7 Å². The van der Waals surface area contributed by atoms with E-state index in [1.54, 1.807) is 0 Å². The summed E-state index contributed by atoms with van der Waals surface area (Å²) in [6, 6.07) is 10.2. The SMILES string of the molecule is Cc1c(Cl)nnc(Cc2ccnc3ccccc23)c1C. The van der Waals surface area contributed by atoms with Gasteiger partial charge >= 0.3 is 0 Å². The Labute approximate surface area is 122 Å². The molecule has 100 valence electrons. The van der Waals surface area contributed by atoms with E-state index in [0.717, 1.165) is 34.1 Å². The standard InChI is InChI=1S/C16H14ClN3/c1-10-11(2)16(17)20-19-15(10)9-12-7-8-18-14-6-4-3-5-13(12)14/h3-8H,9H2,1-2H3. The maximum absolute atomic E-state index is 6.00. The van der Waals surface area contributed by atoms with Crippen LogP contribution in [0, 0.1) is 13.8 Å². The van der Waals surface area contributed by atoms with Gasteiger partial charge in [0.1, 0.15) is 0 Å². The highest BCUT2D eigenvalue weighted by Gasteiger charge is 2.10. The molecule has 3 rings (SSSR count). The van der Waals surface area contributed by atoms with E-state index in [2.05, 4.69) is 21.2 Å². The normalized spacial score (nSPS) is 10.9. The first kappa shape index (κ1) is 13.0. The van der Waals surface area contributed by atoms with Crippen LogP contribution in [0.5, 0.6) is 0 Å². The van der Waals surface area contributed by atoms with Crippen LogP contribution in [0.25, 0.3) is 10.9 Å². The highest BCUT2D eigenvalue weighted by atomic mass is 35.5. The van der Waals surface area contributed by atoms with Crippen LogP contribution in [0.3, 0.4) is 0 Å². The van der Waals surface area contributed by atoms with Crippen molar-refractivity contribution in [2.45, 2.75) is 20.3 Å². The van der Waals surface area contributed by atoms with Crippen molar-refractivity contribution in [3.8, 4) is 0 Å². The Hall–Kier alpha value is -2.00. The monoisotopic (exact) mass is 283 g/mol. The largest absolute Gasteiger partial charge is 0.256 e. The van der Waals surface area contributed by atoms with E-state index in [-0.39, 0.29) is 0 Å². The smallest absolute Gasteiger partial charge is 0.154 e. The zero-order valence-electron chi connectivity index (χ0n) is 11.4. The summed E-state index contributed by atoms with van der Waals surface area (Å²) in [7, 11) is 0. The molecule has 0 atom stereocenters. The molecule has 20 heavy (non-hydrogen) atoms. The Morgan fingerprint density at radius 1 is 1.00 bits per heavy atom. The predicted octanol–water partition coefficient (Wildman–Crippen LogP) is 3.89. The van der Waals surface area contributed by atoms with E-state index >= 15 is 0 Å². The molecule has 0 N–H and O–H groups in total. The summed E-state index contributed by atoms with van der Waals surface area (Å²) in [5.74, 6) is 0. The molecule has 0 bridgehead atoms. The van der Waals surface area contributed by atoms with E-state index < -0.39 is 0 Å². The molecule has 0 saturated heterocycles. The van der Waals surface area contributed by atoms with Crippen LogP contribution >= 0.6 is 11.6 Å². The van der Waals surface area contributed by atoms with E-state index in [9.17, 15) is 0 Å². The number of rotatable bonds is 2. The molecule has 2 heterocycles. The lowest BCUT2D eigenvalue weighted by Gasteiger charge is -2.09. The Morgan fingerprint density at radius 2 is 1.80 bits per heavy atom. The zero-order chi connectivity index (χ0) is 14.1. The zero-order valence-corrected chi connectivity index (χ0v) is 12.1. The molecule has 0 aliphatic rings. The summed E-state index contributed by atoms with van der Waals surface area (Å²) in [6.07, 6.45) is 2.57. The molecular weight excluding hydrogens is 270 g/mol. The van der Waals surface area contributed by atoms with E-state index in [4.69, 9.17) is 11.6 Å². The number of fused-ring (bicyclic) bond motifs is 1. The van der Waals surface area contributed by atoms with Crippen LogP contribution in [0.2, 0.25) is 5.15 Å². The Kier molecular flexibility index (Phi) is 3.36. The molecule has 0 fully saturated rings. The fraction of sp³-hybridized carbons (Fsp3) is 0.188. The van der Waals surface area contributed by atoms with Crippen molar-refractivity contribution in [1.82, 2.24) is 15.2 Å². The number of hydrogen-bond donors (Lipinski definition) is 0. The van der Waals surface area contributed by atoms with Crippen LogP contribution in [0.1, 0.15) is 22.4 Å². The summed E-state index contributed by atoms with van der Waals surface area (Å²) in [6.45, 7) is 4.01. The van der Waals surface area contributed by atoms with Gasteiger partial charge in [0.15, 0.2) is 5.15 Å². The van der Waals surface area contributed by atoms with Gasteiger partial charge < -0.3 is 0 Å². The van der Waals surface area contributed by atoms with Gasteiger partial charge in [0, 0.05) is 18.0 Å². The molecule has 4 heteroatoms. The van der Waals surface area contributed by atoms with Crippen LogP contribution in [-0.2, 0) is 6.42 Å². The van der Waals surface area contributed by atoms with Crippen molar-refractivity contribution in [3.63, 3.8) is 0 Å². The van der Waals surface area contributed by atoms with Crippen molar-refractivity contribution < 1.29 is 0 Å². The first-order valence-electron chi connectivity index (χ1n) is 6.47. The third-order valence-corrected chi connectivity index (χ3v) is 4.02. The fourth-order valence-corrected chi connectivity index (χ4v) is 2.46. The Balaban J connectivity index is 2.08. The number of benzene rings is 1. The van der Waals surface area contributed by atoms with Crippen molar-refractivity contribution in [2.75, 3.05) is 0 Å². The number of aromatic nitrogens is 3. The Morgan fingerprint density at radius 3 is 2.65 bits per heavy atom. The van der Waals surface area contributed by atoms with Gasteiger partial charge in [-0.3, -0.25) is 4.98 Å². The van der Waals surface area contributed by atoms with E-state index in [1.807, 2.05) is 44.3 Å². The molecule has 0 aliphatic heterocycles. The Bertz CT molecular complexity index is 779. The summed E-state index contributed by atoms with van der Waals surface area (Å²) < 4.78 is 0. The lowest BCUT2D eigenvalue weighted by Crippen LogP contribution is -2.02. The second kappa shape index (κ2) is 5.17. The third-order valence-electron chi connectivity index (χ3n) is 3.66. The van der Waals surface area contributed by atoms with Crippen molar-refractivity contribution in [3.05, 3.63) is 64.1 Å². The van der Waals surface area contributed by atoms with Crippen LogP contribution in [0.15, 0.2) is 36.5 Å². The number of nitrogens with zero attached hydrogens (tertiary/aromatic N) is 3. The van der Waals surface area contributed by atoms with Gasteiger partial charge in [0.25, 0.3) is 0 Å². The first-order valence-corrected chi connectivity index (χ1v) is 6.85. The second-order valence-corrected chi connectivity index (χ2v) is 5.21. The maximum atomic E-state index is 6.00. The van der Waals surface area contributed by atoms with E-state index in [1.165, 1.54) is 5.56 Å². The molecule has 0 aliphatic carbocycles. The molecule has 0 radical (unpaired) electrons. The molecule has 0 unspecified atom stereocenters. The van der Waals surface area contributed by atoms with Crippen molar-refractivity contribution in [1.29, 1.82) is 0 Å². The lowest BCUT2D eigenvalue weighted by molar-refractivity contribution is 0.907. The minimum absolute atomic E-state index is 0.478. The highest BCUT2D eigenvalue weighted by Crippen LogP contribution is 2.22. The number of para-hydroxylation sites is 1. The first-order chi connectivity index (χ1) is 9.66. The molecule has 3 nitrogen and oxygen atoms in total. The summed E-state index contributed by atoms with van der Waals surface area (Å²) in [5, 5.41) is 9.89. The molecule has 0 saturated carbocycles. The van der Waals surface area contributed by atoms with Crippen LogP contribution in [-0.4, -0.2) is 15.2 Å². The average Bonchev–Trinajstić information content (AvgIpc) is 2.48. The van der Waals surface area contributed by atoms with Crippen LogP contribution < -0.4 is 0 Å². The highest BCUT2D eigenvalue weighted by molar-refractivity contribution is 6.30. The molecule has 0 spiro atoms. The molecule has 2 aromatic heterocycles. The van der Waals surface area contributed by atoms with Crippen LogP contribution in [0.4, 0.5) is 0 Å². The minimum atomic E-state index is 0.478. The quantitative estimate of drug-likeness (QED) is 0.716. The summed E-state index contributed by atoms with van der Waals surface area (Å²) in [5.41, 5.74) is 5.26. The maximum Gasteiger partial charge on any atom is 0.154 e. The average molecular weight is 284 g/mol. The van der Waals surface area contributed by atoms with Gasteiger partial charge in [-0.2, -0.15) is 5.10 Å². The topological polar surface area (TPSA) is 38.7 Å². The number of hydrogen-bond acceptors (Lipinski definition) is 3. The summed E-state index contributed by atoms with van der Waals surface area (Å²) in [4.78, 5) is 4.38. The van der Waals surface area contributed by atoms with Crippen molar-refractivity contribution in [2.24, 2.45) is 0 Å². The van der Waals surface area contributed by atoms with E-state index in [0.29, 0.717) is 5.15 Å². The fourth-order valence-electron chi connectivity index (χ4n) is 2.28. The third kappa shape index (κ3) is 2.25. The molecular formula is C16H14ClN3.